The third-order valence-electron chi connectivity index (χ3n) is 17.1. The largest absolute Gasteiger partial charge is 1.00 e. The third-order valence-corrected chi connectivity index (χ3v) is 23.8. The van der Waals surface area contributed by atoms with Crippen molar-refractivity contribution in [2.45, 2.75) is 117 Å². The van der Waals surface area contributed by atoms with Crippen LogP contribution in [-0.2, 0) is 23.8 Å². The summed E-state index contributed by atoms with van der Waals surface area (Å²) in [6.45, 7) is 22.1. The summed E-state index contributed by atoms with van der Waals surface area (Å²) in [5.74, 6) is 4.45. The molecule has 10 rings (SSSR count). The molecule has 9 aliphatic rings. The van der Waals surface area contributed by atoms with Gasteiger partial charge in [0.2, 0.25) is 0 Å². The second-order valence-electron chi connectivity index (χ2n) is 18.7. The molecule has 9 aliphatic carbocycles. The van der Waals surface area contributed by atoms with E-state index in [1.165, 1.54) is 44.9 Å². The Balaban J connectivity index is 0.00000176. The summed E-state index contributed by atoms with van der Waals surface area (Å²) in [4.78, 5) is 0. The van der Waals surface area contributed by atoms with Crippen LogP contribution in [0.1, 0.15) is 118 Å². The van der Waals surface area contributed by atoms with Crippen molar-refractivity contribution in [3.8, 4) is 0 Å². The number of hydrogen-bond acceptors (Lipinski definition) is 0. The summed E-state index contributed by atoms with van der Waals surface area (Å²) in [5, 5.41) is 0. The molecule has 0 amide bonds. The van der Waals surface area contributed by atoms with Gasteiger partial charge in [0.25, 0.3) is 0 Å². The molecule has 1 aromatic rings. The van der Waals surface area contributed by atoms with Gasteiger partial charge in [0.15, 0.2) is 0 Å². The summed E-state index contributed by atoms with van der Waals surface area (Å²) >= 11 is -2.07. The Morgan fingerprint density at radius 2 is 1.40 bits per heavy atom. The van der Waals surface area contributed by atoms with E-state index in [0.29, 0.717) is 5.92 Å². The Bertz CT molecular complexity index is 1690. The van der Waals surface area contributed by atoms with Crippen molar-refractivity contribution in [3.05, 3.63) is 86.4 Å². The van der Waals surface area contributed by atoms with Crippen LogP contribution in [0.3, 0.4) is 0 Å². The van der Waals surface area contributed by atoms with Crippen molar-refractivity contribution in [2.24, 2.45) is 51.2 Å². The van der Waals surface area contributed by atoms with Crippen LogP contribution in [0, 0.1) is 51.2 Å². The van der Waals surface area contributed by atoms with E-state index in [2.05, 4.69) is 114 Å². The second kappa shape index (κ2) is 11.0. The Morgan fingerprint density at radius 3 is 2.04 bits per heavy atom. The molecule has 250 valence electrons. The first-order chi connectivity index (χ1) is 21.3. The van der Waals surface area contributed by atoms with E-state index in [1.54, 1.807) is 34.3 Å². The molecule has 0 spiro atoms. The van der Waals surface area contributed by atoms with Crippen LogP contribution in [0.25, 0.3) is 5.57 Å². The molecule has 5 fully saturated rings. The van der Waals surface area contributed by atoms with E-state index in [4.69, 9.17) is 0 Å². The molecular weight excluding hydrogens is 647 g/mol. The van der Waals surface area contributed by atoms with Crippen molar-refractivity contribution in [2.75, 3.05) is 0 Å². The van der Waals surface area contributed by atoms with Gasteiger partial charge in [0.05, 0.1) is 0 Å². The van der Waals surface area contributed by atoms with Crippen LogP contribution in [-0.4, -0.2) is 3.81 Å². The number of fused-ring (bicyclic) bond motifs is 6. The Labute approximate surface area is 304 Å². The van der Waals surface area contributed by atoms with Gasteiger partial charge in [-0.15, -0.1) is 0 Å². The predicted molar refractivity (Wildman–Crippen MR) is 188 cm³/mol. The van der Waals surface area contributed by atoms with Crippen LogP contribution in [0.5, 0.6) is 0 Å². The minimum atomic E-state index is -2.07. The maximum absolute atomic E-state index is 2.92. The van der Waals surface area contributed by atoms with Crippen molar-refractivity contribution in [3.63, 3.8) is 0 Å². The molecule has 3 heteroatoms. The standard InChI is InChI=1S/C29H37.C10H14.C5H5.2ClH.Ti/c1-18-25-22-17-19-13-9-10-14-20(19)24(22)21-15-11-12-16-23(21)29(25,8)28(6,7)27(4,5)26(18,2)3;1-7-2-9-4-8(1)5-10(3-7)6-9;1-2-4-5-3-1;;;/h9-11,13-15,23H,12,16-17H2,1-8H3;7-10H,1-5H2;1-3H,4H2;2*1H;/q;;;;;+2/p-2. The van der Waals surface area contributed by atoms with Crippen LogP contribution in [0.2, 0.25) is 3.72 Å². The maximum Gasteiger partial charge on any atom is -1.00 e. The SMILES string of the molecule is CC12C(=C3Cc4ccccc4C3=C3C=CCCC31)[C](C)([Ti+2]([C]1=CC=CC1)=[C]1C3CC4CC(C3)CC1C4)C(C)(C)C(C)(C)C2(C)C.[Cl-].[Cl-]. The number of halogens is 2. The maximum atomic E-state index is 2.92. The minimum Gasteiger partial charge on any atom is -1.00 e. The molecule has 3 atom stereocenters. The van der Waals surface area contributed by atoms with Gasteiger partial charge in [-0.05, 0) is 0 Å². The van der Waals surface area contributed by atoms with Gasteiger partial charge in [-0.1, -0.05) is 0 Å². The van der Waals surface area contributed by atoms with E-state index in [0.717, 1.165) is 30.1 Å². The molecular formula is C44H56Cl2Ti. The topological polar surface area (TPSA) is 0 Å². The smallest absolute Gasteiger partial charge is 1.00 e. The predicted octanol–water partition coefficient (Wildman–Crippen LogP) is 5.65. The van der Waals surface area contributed by atoms with Crippen molar-refractivity contribution in [1.29, 1.82) is 0 Å². The Kier molecular flexibility index (Phi) is 8.11. The quantitative estimate of drug-likeness (QED) is 0.350. The van der Waals surface area contributed by atoms with Crippen molar-refractivity contribution >= 4 is 9.38 Å². The zero-order valence-electron chi connectivity index (χ0n) is 30.2. The second-order valence-corrected chi connectivity index (χ2v) is 23.3. The fourth-order valence-corrected chi connectivity index (χ4v) is 21.8. The number of rotatable bonds is 2. The van der Waals surface area contributed by atoms with Crippen LogP contribution < -0.4 is 24.8 Å². The van der Waals surface area contributed by atoms with Crippen molar-refractivity contribution < 1.29 is 42.2 Å². The minimum absolute atomic E-state index is 0. The summed E-state index contributed by atoms with van der Waals surface area (Å²) in [7, 11) is 0. The Morgan fingerprint density at radius 1 is 0.745 bits per heavy atom. The summed E-state index contributed by atoms with van der Waals surface area (Å²) in [5.41, 5.74) is 10.8. The van der Waals surface area contributed by atoms with Gasteiger partial charge in [-0.2, -0.15) is 0 Å². The van der Waals surface area contributed by atoms with Gasteiger partial charge in [0.1, 0.15) is 0 Å². The fraction of sp³-hybridized carbons (Fsp3) is 0.614. The first-order valence-electron chi connectivity index (χ1n) is 18.7. The van der Waals surface area contributed by atoms with Crippen molar-refractivity contribution in [1.82, 2.24) is 0 Å². The first-order valence-corrected chi connectivity index (χ1v) is 21.0. The number of benzene rings is 1. The van der Waals surface area contributed by atoms with E-state index in [-0.39, 0.29) is 50.2 Å². The van der Waals surface area contributed by atoms with E-state index < -0.39 is 17.4 Å². The molecule has 0 radical (unpaired) electrons. The summed E-state index contributed by atoms with van der Waals surface area (Å²) in [6.07, 6.45) is 25.2. The van der Waals surface area contributed by atoms with Gasteiger partial charge < -0.3 is 24.8 Å². The third kappa shape index (κ3) is 4.03. The molecule has 3 unspecified atom stereocenters. The number of allylic oxidation sites excluding steroid dienone is 10. The molecule has 0 N–H and O–H groups in total. The average molecular weight is 704 g/mol. The van der Waals surface area contributed by atoms with E-state index >= 15 is 0 Å². The summed E-state index contributed by atoms with van der Waals surface area (Å²) < 4.78 is 4.29. The van der Waals surface area contributed by atoms with Crippen LogP contribution in [0.4, 0.5) is 0 Å². The molecule has 0 aromatic heterocycles. The van der Waals surface area contributed by atoms with Crippen LogP contribution >= 0.6 is 0 Å². The Hall–Kier alpha value is -0.916. The van der Waals surface area contributed by atoms with E-state index in [1.807, 2.05) is 9.45 Å². The zero-order valence-corrected chi connectivity index (χ0v) is 33.3. The molecule has 5 saturated carbocycles. The van der Waals surface area contributed by atoms with Crippen LogP contribution in [0.15, 0.2) is 75.2 Å². The monoisotopic (exact) mass is 702 g/mol. The van der Waals surface area contributed by atoms with E-state index in [9.17, 15) is 0 Å². The molecule has 1 aromatic carbocycles. The molecule has 4 bridgehead atoms. The molecule has 0 nitrogen and oxygen atoms in total. The fourth-order valence-electron chi connectivity index (χ4n) is 13.9. The molecule has 0 aliphatic heterocycles. The molecule has 0 saturated heterocycles. The molecule has 47 heavy (non-hydrogen) atoms. The first kappa shape index (κ1) is 34.5. The van der Waals surface area contributed by atoms with Gasteiger partial charge in [0, 0.05) is 0 Å². The van der Waals surface area contributed by atoms with Gasteiger partial charge in [-0.25, -0.2) is 0 Å². The molecule has 0 heterocycles. The zero-order chi connectivity index (χ0) is 31.3. The van der Waals surface area contributed by atoms with Gasteiger partial charge in [-0.3, -0.25) is 0 Å². The number of hydrogen-bond donors (Lipinski definition) is 0. The average Bonchev–Trinajstić information content (AvgIpc) is 3.66. The normalized spacial score (nSPS) is 38.8. The summed E-state index contributed by atoms with van der Waals surface area (Å²) in [6, 6.07) is 9.54. The van der Waals surface area contributed by atoms with Gasteiger partial charge >= 0.3 is 281 Å².